The number of rotatable bonds is 3. The lowest BCUT2D eigenvalue weighted by Crippen LogP contribution is -2.46. The molecule has 0 aliphatic carbocycles. The highest BCUT2D eigenvalue weighted by Crippen LogP contribution is 2.44. The number of hydrogen-bond acceptors (Lipinski definition) is 5. The van der Waals surface area contributed by atoms with Crippen LogP contribution in [0.1, 0.15) is 18.4 Å². The third kappa shape index (κ3) is 2.82. The first-order chi connectivity index (χ1) is 13.7. The molecule has 0 unspecified atom stereocenters. The Hall–Kier alpha value is -2.63. The molecule has 5 nitrogen and oxygen atoms in total. The van der Waals surface area contributed by atoms with Gasteiger partial charge >= 0.3 is 0 Å². The molecule has 0 amide bonds. The van der Waals surface area contributed by atoms with Crippen molar-refractivity contribution in [3.63, 3.8) is 0 Å². The molecule has 1 spiro atoms. The van der Waals surface area contributed by atoms with Crippen molar-refractivity contribution >= 4 is 10.9 Å². The standard InChI is InChI=1S/C23H24N2O3/c1-26-22-19(7-5-16-4-3-11-24-21(16)22)17-6-8-20-18(14-17)15-23(28-20)9-12-25(27-2)13-10-23/h3-8,11,14H,9-10,12-13,15H2,1-2H3. The monoisotopic (exact) mass is 376 g/mol. The highest BCUT2D eigenvalue weighted by Gasteiger charge is 2.42. The lowest BCUT2D eigenvalue weighted by molar-refractivity contribution is -0.165. The largest absolute Gasteiger partial charge is 0.494 e. The predicted octanol–water partition coefficient (Wildman–Crippen LogP) is 4.24. The molecule has 3 aromatic rings. The number of benzene rings is 2. The molecule has 2 aliphatic rings. The van der Waals surface area contributed by atoms with Gasteiger partial charge in [-0.25, -0.2) is 0 Å². The molecule has 5 heteroatoms. The van der Waals surface area contributed by atoms with Gasteiger partial charge in [0.25, 0.3) is 0 Å². The first-order valence-corrected chi connectivity index (χ1v) is 9.74. The van der Waals surface area contributed by atoms with Crippen LogP contribution in [0.25, 0.3) is 22.0 Å². The fraction of sp³-hybridized carbons (Fsp3) is 0.348. The minimum Gasteiger partial charge on any atom is -0.494 e. The lowest BCUT2D eigenvalue weighted by atomic mass is 9.87. The predicted molar refractivity (Wildman–Crippen MR) is 109 cm³/mol. The summed E-state index contributed by atoms with van der Waals surface area (Å²) in [5.41, 5.74) is 4.27. The van der Waals surface area contributed by atoms with Crippen molar-refractivity contribution in [3.8, 4) is 22.6 Å². The van der Waals surface area contributed by atoms with Gasteiger partial charge in [-0.2, -0.15) is 5.06 Å². The van der Waals surface area contributed by atoms with Gasteiger partial charge in [0.05, 0.1) is 14.2 Å². The minimum atomic E-state index is -0.0922. The molecule has 0 bridgehead atoms. The molecule has 2 aliphatic heterocycles. The maximum atomic E-state index is 6.42. The normalized spacial score (nSPS) is 18.2. The van der Waals surface area contributed by atoms with Gasteiger partial charge in [-0.1, -0.05) is 18.2 Å². The summed E-state index contributed by atoms with van der Waals surface area (Å²) in [6, 6.07) is 14.7. The van der Waals surface area contributed by atoms with Gasteiger partial charge in [0.15, 0.2) is 5.75 Å². The van der Waals surface area contributed by atoms with E-state index >= 15 is 0 Å². The summed E-state index contributed by atoms with van der Waals surface area (Å²) in [4.78, 5) is 9.89. The number of methoxy groups -OCH3 is 1. The fourth-order valence-electron chi connectivity index (χ4n) is 4.51. The SMILES string of the molecule is COc1c(-c2ccc3c(c2)CC2(CCN(OC)CC2)O3)ccc2cccnc12. The van der Waals surface area contributed by atoms with E-state index in [4.69, 9.17) is 14.3 Å². The molecule has 5 rings (SSSR count). The quantitative estimate of drug-likeness (QED) is 0.684. The molecule has 1 saturated heterocycles. The van der Waals surface area contributed by atoms with Crippen LogP contribution in [0.15, 0.2) is 48.7 Å². The van der Waals surface area contributed by atoms with Crippen LogP contribution in [-0.4, -0.2) is 43.0 Å². The molecular formula is C23H24N2O3. The Bertz CT molecular complexity index is 1030. The number of nitrogens with zero attached hydrogens (tertiary/aromatic N) is 2. The van der Waals surface area contributed by atoms with Gasteiger partial charge in [-0.15, -0.1) is 0 Å². The maximum absolute atomic E-state index is 6.42. The Morgan fingerprint density at radius 3 is 2.71 bits per heavy atom. The van der Waals surface area contributed by atoms with Crippen molar-refractivity contribution in [2.45, 2.75) is 24.9 Å². The second-order valence-electron chi connectivity index (χ2n) is 7.62. The van der Waals surface area contributed by atoms with E-state index in [0.717, 1.165) is 65.9 Å². The third-order valence-corrected chi connectivity index (χ3v) is 6.03. The number of piperidine rings is 1. The number of pyridine rings is 1. The number of hydroxylamine groups is 2. The highest BCUT2D eigenvalue weighted by atomic mass is 16.7. The number of ether oxygens (including phenoxy) is 2. The topological polar surface area (TPSA) is 43.8 Å². The Morgan fingerprint density at radius 2 is 1.93 bits per heavy atom. The van der Waals surface area contributed by atoms with Gasteiger partial charge in [-0.3, -0.25) is 4.98 Å². The van der Waals surface area contributed by atoms with Crippen molar-refractivity contribution in [2.75, 3.05) is 27.3 Å². The van der Waals surface area contributed by atoms with Gasteiger partial charge in [-0.05, 0) is 35.4 Å². The molecule has 0 N–H and O–H groups in total. The smallest absolute Gasteiger partial charge is 0.152 e. The van der Waals surface area contributed by atoms with Gasteiger partial charge in [0.2, 0.25) is 0 Å². The van der Waals surface area contributed by atoms with Crippen LogP contribution >= 0.6 is 0 Å². The number of hydrogen-bond donors (Lipinski definition) is 0. The Morgan fingerprint density at radius 1 is 1.07 bits per heavy atom. The first-order valence-electron chi connectivity index (χ1n) is 9.74. The Labute approximate surface area is 164 Å². The van der Waals surface area contributed by atoms with Crippen LogP contribution in [-0.2, 0) is 11.3 Å². The molecule has 2 aromatic carbocycles. The maximum Gasteiger partial charge on any atom is 0.152 e. The summed E-state index contributed by atoms with van der Waals surface area (Å²) in [6.45, 7) is 1.81. The summed E-state index contributed by atoms with van der Waals surface area (Å²) in [7, 11) is 3.45. The van der Waals surface area contributed by atoms with Gasteiger partial charge in [0, 0.05) is 49.5 Å². The van der Waals surface area contributed by atoms with Gasteiger partial charge in [0.1, 0.15) is 16.9 Å². The molecule has 3 heterocycles. The summed E-state index contributed by atoms with van der Waals surface area (Å²) in [5, 5.41) is 3.09. The van der Waals surface area contributed by atoms with Crippen LogP contribution in [0.3, 0.4) is 0 Å². The lowest BCUT2D eigenvalue weighted by Gasteiger charge is -2.37. The molecule has 1 fully saturated rings. The zero-order valence-electron chi connectivity index (χ0n) is 16.3. The molecule has 28 heavy (non-hydrogen) atoms. The number of aromatic nitrogens is 1. The molecular weight excluding hydrogens is 352 g/mol. The van der Waals surface area contributed by atoms with E-state index in [9.17, 15) is 0 Å². The molecule has 1 aromatic heterocycles. The van der Waals surface area contributed by atoms with Crippen molar-refractivity contribution in [1.29, 1.82) is 0 Å². The molecule has 0 saturated carbocycles. The average molecular weight is 376 g/mol. The Kier molecular flexibility index (Phi) is 4.22. The third-order valence-electron chi connectivity index (χ3n) is 6.03. The van der Waals surface area contributed by atoms with E-state index < -0.39 is 0 Å². The van der Waals surface area contributed by atoms with Crippen molar-refractivity contribution in [3.05, 3.63) is 54.2 Å². The van der Waals surface area contributed by atoms with E-state index in [1.54, 1.807) is 20.4 Å². The molecule has 0 atom stereocenters. The average Bonchev–Trinajstić information content (AvgIpc) is 3.10. The van der Waals surface area contributed by atoms with E-state index in [1.165, 1.54) is 5.56 Å². The first kappa shape index (κ1) is 17.5. The minimum absolute atomic E-state index is 0.0922. The van der Waals surface area contributed by atoms with Crippen LogP contribution in [0.4, 0.5) is 0 Å². The van der Waals surface area contributed by atoms with E-state index in [1.807, 2.05) is 11.1 Å². The summed E-state index contributed by atoms with van der Waals surface area (Å²) < 4.78 is 12.2. The molecule has 0 radical (unpaired) electrons. The Balaban J connectivity index is 1.49. The van der Waals surface area contributed by atoms with Gasteiger partial charge < -0.3 is 14.3 Å². The van der Waals surface area contributed by atoms with Crippen LogP contribution in [0.2, 0.25) is 0 Å². The zero-order valence-corrected chi connectivity index (χ0v) is 16.3. The highest BCUT2D eigenvalue weighted by molar-refractivity contribution is 5.92. The van der Waals surface area contributed by atoms with E-state index in [0.29, 0.717) is 0 Å². The van der Waals surface area contributed by atoms with E-state index in [2.05, 4.69) is 41.4 Å². The van der Waals surface area contributed by atoms with Crippen molar-refractivity contribution in [2.24, 2.45) is 0 Å². The summed E-state index contributed by atoms with van der Waals surface area (Å²) in [6.07, 6.45) is 4.71. The van der Waals surface area contributed by atoms with E-state index in [-0.39, 0.29) is 5.60 Å². The number of fused-ring (bicyclic) bond motifs is 2. The van der Waals surface area contributed by atoms with Crippen LogP contribution in [0.5, 0.6) is 11.5 Å². The summed E-state index contributed by atoms with van der Waals surface area (Å²) in [5.74, 6) is 1.83. The van der Waals surface area contributed by atoms with Crippen LogP contribution in [0, 0.1) is 0 Å². The second-order valence-corrected chi connectivity index (χ2v) is 7.62. The van der Waals surface area contributed by atoms with Crippen molar-refractivity contribution in [1.82, 2.24) is 10.0 Å². The summed E-state index contributed by atoms with van der Waals surface area (Å²) >= 11 is 0. The zero-order chi connectivity index (χ0) is 19.1. The van der Waals surface area contributed by atoms with Crippen LogP contribution < -0.4 is 9.47 Å². The second kappa shape index (κ2) is 6.76. The van der Waals surface area contributed by atoms with Crippen molar-refractivity contribution < 1.29 is 14.3 Å². The molecule has 144 valence electrons. The fourth-order valence-corrected chi connectivity index (χ4v) is 4.51.